The fraction of sp³-hybridized carbons (Fsp3) is 0.500. The largest absolute Gasteiger partial charge is 0.472 e. The van der Waals surface area contributed by atoms with E-state index in [1.54, 1.807) is 0 Å². The van der Waals surface area contributed by atoms with E-state index in [0.29, 0.717) is 0 Å². The normalized spacial score (nSPS) is 31.3. The van der Waals surface area contributed by atoms with Gasteiger partial charge < -0.3 is 87.2 Å². The SMILES string of the molecule is Nc1nc2c(ncn2[C@@H]2O[C@H](COP(=O)(O)O[C@H]3[C@@H](O)[C@H](n4cnc5c(=O)[nH]c(N)nc54)O[C@@H]3COP(=O)(O)O[C@H]3[C@@H](O)[C@H](n4cnc5c(N)ncnc54)O[C@@H]3COP(=O)(O)O[C@H]3[C@@H](O)[C@H](n4cnc5c(=O)[nH]c(N)nc54)O[C@@H]3CO)[C@@H](O)[C@H]2O)c(=O)[nH]1. The summed E-state index contributed by atoms with van der Waals surface area (Å²) < 4.78 is 101. The Hall–Kier alpha value is -7.27. The second-order valence-corrected chi connectivity index (χ2v) is 24.0. The molecule has 12 heterocycles. The fourth-order valence-corrected chi connectivity index (χ4v) is 13.1. The molecule has 0 saturated carbocycles. The second-order valence-electron chi connectivity index (χ2n) is 19.8. The summed E-state index contributed by atoms with van der Waals surface area (Å²) in [6.07, 6.45) is -24.6. The second kappa shape index (κ2) is 23.0. The Morgan fingerprint density at radius 2 is 0.784 bits per heavy atom. The van der Waals surface area contributed by atoms with E-state index in [1.807, 2.05) is 0 Å². The number of aliphatic hydroxyl groups excluding tert-OH is 6. The maximum Gasteiger partial charge on any atom is 0.472 e. The van der Waals surface area contributed by atoms with Gasteiger partial charge in [-0.25, -0.2) is 43.6 Å². The maximum absolute atomic E-state index is 14.2. The van der Waals surface area contributed by atoms with Gasteiger partial charge in [-0.1, -0.05) is 0 Å². The molecule has 19 atom stereocenters. The molecule has 0 aliphatic carbocycles. The van der Waals surface area contributed by atoms with Gasteiger partial charge in [-0.05, 0) is 0 Å². The van der Waals surface area contributed by atoms with E-state index in [4.69, 9.17) is 69.0 Å². The number of imidazole rings is 4. The van der Waals surface area contributed by atoms with Gasteiger partial charge in [0, 0.05) is 0 Å². The average Bonchev–Trinajstić information content (AvgIpc) is 1.79. The fourth-order valence-electron chi connectivity index (χ4n) is 10.3. The summed E-state index contributed by atoms with van der Waals surface area (Å²) >= 11 is 0. The first kappa shape index (κ1) is 61.0. The Morgan fingerprint density at radius 3 is 1.18 bits per heavy atom. The van der Waals surface area contributed by atoms with Crippen LogP contribution in [0.3, 0.4) is 0 Å². The van der Waals surface area contributed by atoms with Gasteiger partial charge >= 0.3 is 23.5 Å². The number of nitrogen functional groups attached to an aromatic ring is 4. The lowest BCUT2D eigenvalue weighted by molar-refractivity contribution is -0.0633. The molecule has 0 bridgehead atoms. The first-order valence-corrected chi connectivity index (χ1v) is 29.9. The van der Waals surface area contributed by atoms with Gasteiger partial charge in [0.05, 0.1) is 51.7 Å². The molecule has 8 aromatic heterocycles. The molecule has 4 aliphatic heterocycles. The number of hydrogen-bond donors (Lipinski definition) is 16. The summed E-state index contributed by atoms with van der Waals surface area (Å²) in [6, 6.07) is 0. The number of aromatic nitrogens is 16. The third kappa shape index (κ3) is 11.2. The van der Waals surface area contributed by atoms with Crippen LogP contribution in [0, 0.1) is 0 Å². The van der Waals surface area contributed by atoms with Gasteiger partial charge in [-0.2, -0.15) is 15.0 Å². The minimum Gasteiger partial charge on any atom is -0.394 e. The molecule has 0 spiro atoms. The standard InChI is InChI=1S/C40H49N20O25P3/c41-26-14-27(46-5-45-26)57(6-47-14)35-21(65)24(12(81-35)3-77-87(72,73)83-23-10(1-61)79-36(20(23)64)59-8-49-16-29(59)52-39(43)55-32(16)68)85-88(74,75)78-4-13-25(22(66)37(82-13)60-9-50-17-30(60)53-40(44)56-33(17)69)84-86(70,71)76-2-11-18(62)19(63)34(80-11)58-7-48-15-28(58)51-38(42)54-31(15)67/h5-13,18-25,34-37,61-66H,1-4H2,(H,70,71)(H,72,73)(H,74,75)(H2,41,45,46)(H3,42,51,54,67)(H3,43,52,55,68)(H3,44,53,56,69)/t10-,11-,12-,13-,18-,19-,20-,21-,22-,23-,24-,25-,34-,35-,36-,37-/m1/s1. The van der Waals surface area contributed by atoms with Crippen LogP contribution >= 0.6 is 23.5 Å². The van der Waals surface area contributed by atoms with Crippen molar-refractivity contribution in [2.24, 2.45) is 0 Å². The number of nitrogens with zero attached hydrogens (tertiary/aromatic N) is 13. The van der Waals surface area contributed by atoms with Crippen LogP contribution in [0.5, 0.6) is 0 Å². The molecule has 0 amide bonds. The van der Waals surface area contributed by atoms with E-state index in [1.165, 1.54) is 0 Å². The highest BCUT2D eigenvalue weighted by Crippen LogP contribution is 2.54. The number of nitrogens with two attached hydrogens (primary N) is 4. The van der Waals surface area contributed by atoms with Crippen LogP contribution in [0.4, 0.5) is 23.7 Å². The molecule has 4 saturated heterocycles. The molecule has 0 radical (unpaired) electrons. The van der Waals surface area contributed by atoms with Crippen LogP contribution in [0.1, 0.15) is 24.9 Å². The smallest absolute Gasteiger partial charge is 0.394 e. The number of phosphoric acid groups is 3. The number of nitrogens with one attached hydrogen (secondary N) is 3. The predicted octanol–water partition coefficient (Wildman–Crippen LogP) is -6.55. The lowest BCUT2D eigenvalue weighted by atomic mass is 10.1. The van der Waals surface area contributed by atoms with E-state index < -0.39 is 171 Å². The molecule has 4 fully saturated rings. The van der Waals surface area contributed by atoms with Crippen molar-refractivity contribution in [3.63, 3.8) is 0 Å². The van der Waals surface area contributed by atoms with Crippen molar-refractivity contribution in [3.05, 3.63) is 62.7 Å². The van der Waals surface area contributed by atoms with Crippen LogP contribution in [0.2, 0.25) is 0 Å². The van der Waals surface area contributed by atoms with E-state index in [-0.39, 0.29) is 62.4 Å². The van der Waals surface area contributed by atoms with Gasteiger partial charge in [0.2, 0.25) is 17.8 Å². The van der Waals surface area contributed by atoms with Crippen molar-refractivity contribution in [1.29, 1.82) is 0 Å². The van der Waals surface area contributed by atoms with Crippen molar-refractivity contribution in [2.75, 3.05) is 49.4 Å². The zero-order chi connectivity index (χ0) is 62.6. The summed E-state index contributed by atoms with van der Waals surface area (Å²) in [7, 11) is -16.8. The molecule has 474 valence electrons. The Labute approximate surface area is 484 Å². The molecule has 0 aromatic carbocycles. The highest BCUT2D eigenvalue weighted by molar-refractivity contribution is 7.48. The van der Waals surface area contributed by atoms with E-state index in [0.717, 1.165) is 49.9 Å². The Kier molecular flexibility index (Phi) is 15.9. The van der Waals surface area contributed by atoms with Crippen molar-refractivity contribution < 1.29 is 105 Å². The third-order valence-corrected chi connectivity index (χ3v) is 17.2. The molecule has 12 rings (SSSR count). The number of aliphatic hydroxyl groups is 6. The number of hydrogen-bond acceptors (Lipinski definition) is 35. The first-order chi connectivity index (χ1) is 41.7. The Morgan fingerprint density at radius 1 is 0.455 bits per heavy atom. The zero-order valence-corrected chi connectivity index (χ0v) is 46.7. The summed E-state index contributed by atoms with van der Waals surface area (Å²) in [5, 5.41) is 67.1. The molecule has 20 N–H and O–H groups in total. The van der Waals surface area contributed by atoms with Crippen molar-refractivity contribution in [1.82, 2.24) is 78.1 Å². The van der Waals surface area contributed by atoms with Crippen molar-refractivity contribution >= 4 is 91.8 Å². The lowest BCUT2D eigenvalue weighted by Gasteiger charge is -2.26. The number of fused-ring (bicyclic) bond motifs is 4. The zero-order valence-electron chi connectivity index (χ0n) is 44.0. The van der Waals surface area contributed by atoms with Crippen molar-refractivity contribution in [3.8, 4) is 0 Å². The number of anilines is 4. The molecule has 3 unspecified atom stereocenters. The number of ether oxygens (including phenoxy) is 4. The quantitative estimate of drug-likeness (QED) is 0.0316. The van der Waals surface area contributed by atoms with E-state index >= 15 is 0 Å². The summed E-state index contributed by atoms with van der Waals surface area (Å²) in [4.78, 5) is 114. The third-order valence-electron chi connectivity index (χ3n) is 14.3. The lowest BCUT2D eigenvalue weighted by Crippen LogP contribution is -2.38. The highest BCUT2D eigenvalue weighted by atomic mass is 31.2. The van der Waals surface area contributed by atoms with Crippen LogP contribution in [-0.2, 0) is 59.8 Å². The molecule has 48 heteroatoms. The van der Waals surface area contributed by atoms with Gasteiger partial charge in [0.15, 0.2) is 69.9 Å². The maximum atomic E-state index is 14.2. The Balaban J connectivity index is 0.772. The Bertz CT molecular complexity index is 4310. The van der Waals surface area contributed by atoms with E-state index in [9.17, 15) is 73.4 Å². The molecule has 4 aliphatic rings. The van der Waals surface area contributed by atoms with Crippen LogP contribution in [0.15, 0.2) is 46.0 Å². The summed E-state index contributed by atoms with van der Waals surface area (Å²) in [5.41, 5.74) is 19.2. The van der Waals surface area contributed by atoms with E-state index in [2.05, 4.69) is 59.8 Å². The minimum atomic E-state index is -5.74. The van der Waals surface area contributed by atoms with Crippen LogP contribution < -0.4 is 39.6 Å². The minimum absolute atomic E-state index is 0.00902. The van der Waals surface area contributed by atoms with Crippen LogP contribution in [0.25, 0.3) is 44.7 Å². The molecular formula is C40H49N20O25P3. The van der Waals surface area contributed by atoms with Gasteiger partial charge in [0.1, 0.15) is 85.1 Å². The molecule has 88 heavy (non-hydrogen) atoms. The highest BCUT2D eigenvalue weighted by Gasteiger charge is 2.55. The van der Waals surface area contributed by atoms with Gasteiger partial charge in [-0.15, -0.1) is 0 Å². The molecular weight excluding hydrogens is 1250 g/mol. The monoisotopic (exact) mass is 1300 g/mol. The molecule has 45 nitrogen and oxygen atoms in total. The topological polar surface area (TPSA) is 664 Å². The summed E-state index contributed by atoms with van der Waals surface area (Å²) in [6.45, 7) is -4.40. The predicted molar refractivity (Wildman–Crippen MR) is 282 cm³/mol. The van der Waals surface area contributed by atoms with Crippen molar-refractivity contribution in [2.45, 2.75) is 98.2 Å². The van der Waals surface area contributed by atoms with Gasteiger partial charge in [-0.3, -0.25) is 74.7 Å². The average molecular weight is 1300 g/mol. The number of H-pyrrole nitrogens is 3. The van der Waals surface area contributed by atoms with Crippen LogP contribution in [-0.4, -0.2) is 223 Å². The number of aromatic amines is 3. The number of phosphoric ester groups is 3. The first-order valence-electron chi connectivity index (χ1n) is 25.4. The molecule has 8 aromatic rings. The summed E-state index contributed by atoms with van der Waals surface area (Å²) in [5.74, 6) is -1.24. The number of rotatable bonds is 20. The van der Waals surface area contributed by atoms with Gasteiger partial charge in [0.25, 0.3) is 16.7 Å².